The van der Waals surface area contributed by atoms with E-state index in [9.17, 15) is 25.2 Å². The Hall–Kier alpha value is -3.35. The van der Waals surface area contributed by atoms with Gasteiger partial charge < -0.3 is 29.6 Å². The Bertz CT molecular complexity index is 955. The van der Waals surface area contributed by atoms with Crippen molar-refractivity contribution < 1.29 is 29.6 Å². The fourth-order valence-electron chi connectivity index (χ4n) is 2.25. The molecular weight excluding hydrogens is 304 g/mol. The van der Waals surface area contributed by atoms with E-state index in [1.165, 1.54) is 7.11 Å². The van der Waals surface area contributed by atoms with Crippen LogP contribution in [0.15, 0.2) is 39.5 Å². The lowest BCUT2D eigenvalue weighted by molar-refractivity contribution is 0.390. The lowest BCUT2D eigenvalue weighted by Gasteiger charge is -2.09. The summed E-state index contributed by atoms with van der Waals surface area (Å²) in [6, 6.07) is 7.07. The van der Waals surface area contributed by atoms with Gasteiger partial charge in [0, 0.05) is 11.6 Å². The molecule has 0 fully saturated rings. The minimum atomic E-state index is -0.926. The van der Waals surface area contributed by atoms with E-state index >= 15 is 0 Å². The van der Waals surface area contributed by atoms with Crippen molar-refractivity contribution in [3.63, 3.8) is 0 Å². The topological polar surface area (TPSA) is 120 Å². The number of rotatable bonds is 2. The SMILES string of the molecule is COc1ccc(-c2oc3c(O)c(O)cc(O)c3c(=O)c2O)cc1. The summed E-state index contributed by atoms with van der Waals surface area (Å²) in [6.45, 7) is 0. The fraction of sp³-hybridized carbons (Fsp3) is 0.0625. The molecule has 0 spiro atoms. The third-order valence-electron chi connectivity index (χ3n) is 3.43. The average molecular weight is 316 g/mol. The van der Waals surface area contributed by atoms with Gasteiger partial charge in [0.1, 0.15) is 16.9 Å². The number of hydrogen-bond acceptors (Lipinski definition) is 7. The first-order valence-electron chi connectivity index (χ1n) is 6.52. The molecule has 0 atom stereocenters. The summed E-state index contributed by atoms with van der Waals surface area (Å²) in [4.78, 5) is 12.2. The van der Waals surface area contributed by atoms with Gasteiger partial charge in [-0.15, -0.1) is 0 Å². The summed E-state index contributed by atoms with van der Waals surface area (Å²) in [5.74, 6) is -2.32. The fourth-order valence-corrected chi connectivity index (χ4v) is 2.25. The van der Waals surface area contributed by atoms with E-state index in [1.54, 1.807) is 24.3 Å². The maximum Gasteiger partial charge on any atom is 0.238 e. The summed E-state index contributed by atoms with van der Waals surface area (Å²) in [6.07, 6.45) is 0. The largest absolute Gasteiger partial charge is 0.507 e. The van der Waals surface area contributed by atoms with Crippen LogP contribution in [0.25, 0.3) is 22.3 Å². The maximum absolute atomic E-state index is 12.2. The van der Waals surface area contributed by atoms with E-state index < -0.39 is 39.4 Å². The van der Waals surface area contributed by atoms with E-state index in [2.05, 4.69) is 0 Å². The van der Waals surface area contributed by atoms with Crippen molar-refractivity contribution in [3.8, 4) is 40.1 Å². The van der Waals surface area contributed by atoms with Crippen LogP contribution in [0.2, 0.25) is 0 Å². The summed E-state index contributed by atoms with van der Waals surface area (Å²) in [7, 11) is 1.49. The van der Waals surface area contributed by atoms with E-state index in [0.717, 1.165) is 6.07 Å². The van der Waals surface area contributed by atoms with Crippen molar-refractivity contribution in [2.24, 2.45) is 0 Å². The highest BCUT2D eigenvalue weighted by Gasteiger charge is 2.22. The summed E-state index contributed by atoms with van der Waals surface area (Å²) in [5.41, 5.74) is -0.995. The van der Waals surface area contributed by atoms with E-state index in [-0.39, 0.29) is 5.76 Å². The normalized spacial score (nSPS) is 10.8. The number of fused-ring (bicyclic) bond motifs is 1. The second kappa shape index (κ2) is 5.13. The maximum atomic E-state index is 12.2. The third-order valence-corrected chi connectivity index (χ3v) is 3.43. The summed E-state index contributed by atoms with van der Waals surface area (Å²) in [5, 5.41) is 38.8. The number of methoxy groups -OCH3 is 1. The van der Waals surface area contributed by atoms with Crippen LogP contribution in [0, 0.1) is 0 Å². The van der Waals surface area contributed by atoms with Gasteiger partial charge in [0.15, 0.2) is 17.1 Å². The zero-order chi connectivity index (χ0) is 16.7. The number of hydrogen-bond donors (Lipinski definition) is 4. The number of benzene rings is 2. The van der Waals surface area contributed by atoms with Crippen LogP contribution in [-0.4, -0.2) is 27.5 Å². The molecule has 3 rings (SSSR count). The molecule has 118 valence electrons. The minimum Gasteiger partial charge on any atom is -0.507 e. The average Bonchev–Trinajstić information content (AvgIpc) is 2.55. The predicted octanol–water partition coefficient (Wildman–Crippen LogP) is 2.29. The Balaban J connectivity index is 2.36. The molecule has 0 radical (unpaired) electrons. The molecule has 0 bridgehead atoms. The van der Waals surface area contributed by atoms with Gasteiger partial charge in [-0.2, -0.15) is 0 Å². The molecule has 1 heterocycles. The van der Waals surface area contributed by atoms with Gasteiger partial charge in [-0.25, -0.2) is 0 Å². The Morgan fingerprint density at radius 3 is 2.22 bits per heavy atom. The monoisotopic (exact) mass is 316 g/mol. The molecule has 7 nitrogen and oxygen atoms in total. The van der Waals surface area contributed by atoms with Crippen LogP contribution in [0.4, 0.5) is 0 Å². The molecule has 2 aromatic carbocycles. The minimum absolute atomic E-state index is 0.203. The summed E-state index contributed by atoms with van der Waals surface area (Å²) >= 11 is 0. The van der Waals surface area contributed by atoms with Crippen LogP contribution >= 0.6 is 0 Å². The highest BCUT2D eigenvalue weighted by molar-refractivity contribution is 5.92. The van der Waals surface area contributed by atoms with Gasteiger partial charge in [-0.05, 0) is 24.3 Å². The van der Waals surface area contributed by atoms with Gasteiger partial charge in [-0.3, -0.25) is 4.79 Å². The Morgan fingerprint density at radius 1 is 0.957 bits per heavy atom. The van der Waals surface area contributed by atoms with Gasteiger partial charge >= 0.3 is 0 Å². The van der Waals surface area contributed by atoms with Gasteiger partial charge in [-0.1, -0.05) is 0 Å². The van der Waals surface area contributed by atoms with Crippen molar-refractivity contribution >= 4 is 11.0 Å². The molecule has 0 aliphatic carbocycles. The first kappa shape index (κ1) is 14.6. The van der Waals surface area contributed by atoms with Crippen molar-refractivity contribution in [2.75, 3.05) is 7.11 Å². The molecule has 23 heavy (non-hydrogen) atoms. The standard InChI is InChI=1S/C16H12O7/c1-22-8-4-2-7(3-5-8)15-14(21)13(20)11-9(17)6-10(18)12(19)16(11)23-15/h2-6,17-19,21H,1H3. The number of ether oxygens (including phenoxy) is 1. The smallest absolute Gasteiger partial charge is 0.238 e. The van der Waals surface area contributed by atoms with Gasteiger partial charge in [0.05, 0.1) is 7.11 Å². The van der Waals surface area contributed by atoms with Crippen molar-refractivity contribution in [3.05, 3.63) is 40.6 Å². The van der Waals surface area contributed by atoms with Crippen molar-refractivity contribution in [1.29, 1.82) is 0 Å². The molecular formula is C16H12O7. The number of phenolic OH excluding ortho intramolecular Hbond substituents is 3. The zero-order valence-electron chi connectivity index (χ0n) is 11.9. The van der Waals surface area contributed by atoms with E-state index in [0.29, 0.717) is 11.3 Å². The van der Waals surface area contributed by atoms with Crippen molar-refractivity contribution in [2.45, 2.75) is 0 Å². The quantitative estimate of drug-likeness (QED) is 0.423. The lowest BCUT2D eigenvalue weighted by atomic mass is 10.1. The zero-order valence-corrected chi connectivity index (χ0v) is 11.9. The number of phenols is 3. The number of aromatic hydroxyl groups is 4. The third kappa shape index (κ3) is 2.18. The molecule has 7 heteroatoms. The molecule has 0 aliphatic rings. The van der Waals surface area contributed by atoms with Gasteiger partial charge in [0.2, 0.25) is 16.9 Å². The van der Waals surface area contributed by atoms with Crippen LogP contribution < -0.4 is 10.2 Å². The predicted molar refractivity (Wildman–Crippen MR) is 81.1 cm³/mol. The first-order chi connectivity index (χ1) is 10.9. The Morgan fingerprint density at radius 2 is 1.61 bits per heavy atom. The Kier molecular flexibility index (Phi) is 3.25. The second-order valence-electron chi connectivity index (χ2n) is 4.80. The molecule has 4 N–H and O–H groups in total. The van der Waals surface area contributed by atoms with Crippen LogP contribution in [-0.2, 0) is 0 Å². The molecule has 0 unspecified atom stereocenters. The highest BCUT2D eigenvalue weighted by atomic mass is 16.5. The Labute approximate surface area is 129 Å². The van der Waals surface area contributed by atoms with Crippen LogP contribution in [0.1, 0.15) is 0 Å². The van der Waals surface area contributed by atoms with Crippen LogP contribution in [0.3, 0.4) is 0 Å². The molecule has 0 saturated heterocycles. The lowest BCUT2D eigenvalue weighted by Crippen LogP contribution is -2.03. The van der Waals surface area contributed by atoms with Crippen LogP contribution in [0.5, 0.6) is 28.7 Å². The summed E-state index contributed by atoms with van der Waals surface area (Å²) < 4.78 is 10.4. The van der Waals surface area contributed by atoms with Crippen molar-refractivity contribution in [1.82, 2.24) is 0 Å². The molecule has 3 aromatic rings. The first-order valence-corrected chi connectivity index (χ1v) is 6.52. The highest BCUT2D eigenvalue weighted by Crippen LogP contribution is 2.41. The second-order valence-corrected chi connectivity index (χ2v) is 4.80. The van der Waals surface area contributed by atoms with E-state index in [4.69, 9.17) is 9.15 Å². The molecule has 0 aliphatic heterocycles. The molecule has 1 aromatic heterocycles. The van der Waals surface area contributed by atoms with E-state index in [1.807, 2.05) is 0 Å². The van der Waals surface area contributed by atoms with Gasteiger partial charge in [0.25, 0.3) is 0 Å². The molecule has 0 amide bonds. The molecule has 0 saturated carbocycles.